The Morgan fingerprint density at radius 1 is 1.29 bits per heavy atom. The second kappa shape index (κ2) is 8.52. The molecule has 0 saturated heterocycles. The lowest BCUT2D eigenvalue weighted by Crippen LogP contribution is -2.36. The van der Waals surface area contributed by atoms with E-state index in [0.29, 0.717) is 12.2 Å². The number of aryl methyl sites for hydroxylation is 1. The Morgan fingerprint density at radius 2 is 1.95 bits per heavy atom. The monoisotopic (exact) mass is 307 g/mol. The van der Waals surface area contributed by atoms with Gasteiger partial charge in [-0.2, -0.15) is 0 Å². The molecular formula is C16H21NO3S. The first-order chi connectivity index (χ1) is 9.99. The van der Waals surface area contributed by atoms with Crippen molar-refractivity contribution in [3.63, 3.8) is 0 Å². The third kappa shape index (κ3) is 5.27. The van der Waals surface area contributed by atoms with Crippen molar-refractivity contribution in [2.24, 2.45) is 0 Å². The maximum absolute atomic E-state index is 12.0. The molecule has 5 heteroatoms. The Morgan fingerprint density at radius 3 is 2.57 bits per heavy atom. The number of imide groups is 1. The van der Waals surface area contributed by atoms with E-state index in [-0.39, 0.29) is 18.1 Å². The van der Waals surface area contributed by atoms with Crippen LogP contribution in [0, 0.1) is 0 Å². The minimum absolute atomic E-state index is 0.0953. The first-order valence-corrected chi connectivity index (χ1v) is 8.33. The molecule has 0 aromatic heterocycles. The van der Waals surface area contributed by atoms with Gasteiger partial charge in [-0.15, -0.1) is 0 Å². The quantitative estimate of drug-likeness (QED) is 0.774. The van der Waals surface area contributed by atoms with Gasteiger partial charge in [-0.25, -0.2) is 0 Å². The number of amides is 2. The Balaban J connectivity index is 2.58. The van der Waals surface area contributed by atoms with Gasteiger partial charge >= 0.3 is 0 Å². The van der Waals surface area contributed by atoms with Crippen molar-refractivity contribution in [3.05, 3.63) is 42.0 Å². The molecule has 1 aromatic rings. The average molecular weight is 307 g/mol. The van der Waals surface area contributed by atoms with Crippen LogP contribution in [0.3, 0.4) is 0 Å². The second-order valence-corrected chi connectivity index (χ2v) is 6.37. The van der Waals surface area contributed by atoms with Crippen molar-refractivity contribution in [1.29, 1.82) is 0 Å². The van der Waals surface area contributed by atoms with E-state index >= 15 is 0 Å². The zero-order valence-electron chi connectivity index (χ0n) is 12.5. The number of hydrogen-bond donors (Lipinski definition) is 0. The lowest BCUT2D eigenvalue weighted by molar-refractivity contribution is -0.141. The van der Waals surface area contributed by atoms with E-state index in [1.54, 1.807) is 13.0 Å². The van der Waals surface area contributed by atoms with E-state index < -0.39 is 16.7 Å². The zero-order valence-corrected chi connectivity index (χ0v) is 13.3. The summed E-state index contributed by atoms with van der Waals surface area (Å²) in [5, 5.41) is 0. The summed E-state index contributed by atoms with van der Waals surface area (Å²) in [5.74, 6) is -0.327. The van der Waals surface area contributed by atoms with Crippen LogP contribution >= 0.6 is 0 Å². The smallest absolute Gasteiger partial charge is 0.241 e. The lowest BCUT2D eigenvalue weighted by Gasteiger charge is -2.15. The summed E-state index contributed by atoms with van der Waals surface area (Å²) in [4.78, 5) is 24.9. The molecule has 2 amide bonds. The molecule has 114 valence electrons. The van der Waals surface area contributed by atoms with Crippen LogP contribution in [0.2, 0.25) is 0 Å². The fourth-order valence-electron chi connectivity index (χ4n) is 1.85. The lowest BCUT2D eigenvalue weighted by atomic mass is 10.0. The summed E-state index contributed by atoms with van der Waals surface area (Å²) in [7, 11) is 0.246. The van der Waals surface area contributed by atoms with Gasteiger partial charge < -0.3 is 0 Å². The van der Waals surface area contributed by atoms with Gasteiger partial charge in [0.25, 0.3) is 0 Å². The minimum Gasteiger partial charge on any atom is -0.285 e. The molecule has 1 aromatic carbocycles. The third-order valence-electron chi connectivity index (χ3n) is 3.24. The third-order valence-corrected chi connectivity index (χ3v) is 4.45. The van der Waals surface area contributed by atoms with E-state index in [4.69, 9.17) is 0 Å². The summed E-state index contributed by atoms with van der Waals surface area (Å²) >= 11 is 0. The van der Waals surface area contributed by atoms with E-state index in [1.165, 1.54) is 7.05 Å². The van der Waals surface area contributed by atoms with Crippen LogP contribution < -0.4 is 0 Å². The molecule has 1 unspecified atom stereocenters. The first kappa shape index (κ1) is 17.3. The first-order valence-electron chi connectivity index (χ1n) is 6.84. The number of hydrogen-bond acceptors (Lipinski definition) is 3. The fourth-order valence-corrected chi connectivity index (χ4v) is 2.52. The number of carbonyl (C=O) groups excluding carboxylic acids is 2. The molecule has 0 radical (unpaired) electrons. The van der Waals surface area contributed by atoms with Crippen LogP contribution in [0.1, 0.15) is 24.5 Å². The summed E-state index contributed by atoms with van der Waals surface area (Å²) in [6, 6.07) is 7.70. The number of carbonyl (C=O) groups is 2. The van der Waals surface area contributed by atoms with Crippen LogP contribution in [-0.2, 0) is 26.8 Å². The highest BCUT2D eigenvalue weighted by molar-refractivity contribution is 7.85. The number of benzene rings is 1. The molecule has 0 spiro atoms. The highest BCUT2D eigenvalue weighted by atomic mass is 32.2. The van der Waals surface area contributed by atoms with Crippen molar-refractivity contribution >= 4 is 28.7 Å². The summed E-state index contributed by atoms with van der Waals surface area (Å²) in [6.45, 7) is 5.49. The van der Waals surface area contributed by atoms with Crippen molar-refractivity contribution in [2.45, 2.75) is 19.8 Å². The van der Waals surface area contributed by atoms with Crippen molar-refractivity contribution in [1.82, 2.24) is 4.90 Å². The largest absolute Gasteiger partial charge is 0.285 e. The van der Waals surface area contributed by atoms with Gasteiger partial charge in [0, 0.05) is 30.0 Å². The Labute approximate surface area is 128 Å². The molecule has 0 bridgehead atoms. The van der Waals surface area contributed by atoms with Gasteiger partial charge in [0.05, 0.1) is 0 Å². The van der Waals surface area contributed by atoms with Crippen LogP contribution in [0.5, 0.6) is 0 Å². The standard InChI is InChI=1S/C16H21NO3S/c1-4-13-8-6-7-9-14(13)10-11-15(18)17(3)16(19)12-21(20)5-2/h4,6-9H,1,5,10-12H2,2-3H3. The molecule has 0 aliphatic carbocycles. The summed E-state index contributed by atoms with van der Waals surface area (Å²) < 4.78 is 11.4. The molecule has 0 aliphatic heterocycles. The van der Waals surface area contributed by atoms with Gasteiger partial charge in [-0.3, -0.25) is 18.7 Å². The van der Waals surface area contributed by atoms with Crippen molar-refractivity contribution < 1.29 is 13.8 Å². The molecule has 1 atom stereocenters. The maximum atomic E-state index is 12.0. The number of rotatable bonds is 7. The topological polar surface area (TPSA) is 54.5 Å². The predicted molar refractivity (Wildman–Crippen MR) is 86.2 cm³/mol. The Kier molecular flexibility index (Phi) is 7.02. The molecule has 0 N–H and O–H groups in total. The molecule has 21 heavy (non-hydrogen) atoms. The van der Waals surface area contributed by atoms with Gasteiger partial charge in [0.2, 0.25) is 11.8 Å². The van der Waals surface area contributed by atoms with Crippen LogP contribution in [0.4, 0.5) is 0 Å². The van der Waals surface area contributed by atoms with Crippen molar-refractivity contribution in [3.8, 4) is 0 Å². The molecule has 1 rings (SSSR count). The highest BCUT2D eigenvalue weighted by Gasteiger charge is 2.18. The number of nitrogens with zero attached hydrogens (tertiary/aromatic N) is 1. The van der Waals surface area contributed by atoms with Gasteiger partial charge in [-0.1, -0.05) is 43.8 Å². The minimum atomic E-state index is -1.20. The van der Waals surface area contributed by atoms with Gasteiger partial charge in [0.15, 0.2) is 0 Å². The van der Waals surface area contributed by atoms with Gasteiger partial charge in [-0.05, 0) is 17.5 Å². The average Bonchev–Trinajstić information content (AvgIpc) is 2.51. The molecule has 0 heterocycles. The van der Waals surface area contributed by atoms with Crippen LogP contribution in [0.15, 0.2) is 30.8 Å². The summed E-state index contributed by atoms with van der Waals surface area (Å²) in [6.07, 6.45) is 2.54. The van der Waals surface area contributed by atoms with E-state index in [1.807, 2.05) is 24.3 Å². The van der Waals surface area contributed by atoms with Gasteiger partial charge in [0.1, 0.15) is 5.75 Å². The van der Waals surface area contributed by atoms with Crippen LogP contribution in [-0.4, -0.2) is 39.5 Å². The predicted octanol–water partition coefficient (Wildman–Crippen LogP) is 2.02. The van der Waals surface area contributed by atoms with E-state index in [9.17, 15) is 13.8 Å². The summed E-state index contributed by atoms with van der Waals surface area (Å²) in [5.41, 5.74) is 2.02. The molecular weight excluding hydrogens is 286 g/mol. The SMILES string of the molecule is C=Cc1ccccc1CCC(=O)N(C)C(=O)CS(=O)CC. The normalized spacial score (nSPS) is 11.7. The molecule has 0 saturated carbocycles. The van der Waals surface area contributed by atoms with Crippen molar-refractivity contribution in [2.75, 3.05) is 18.6 Å². The van der Waals surface area contributed by atoms with Crippen LogP contribution in [0.25, 0.3) is 6.08 Å². The highest BCUT2D eigenvalue weighted by Crippen LogP contribution is 2.12. The second-order valence-electron chi connectivity index (χ2n) is 4.62. The Hall–Kier alpha value is -1.75. The zero-order chi connectivity index (χ0) is 15.8. The van der Waals surface area contributed by atoms with E-state index in [2.05, 4.69) is 6.58 Å². The molecule has 4 nitrogen and oxygen atoms in total. The Bertz CT molecular complexity index is 554. The molecule has 0 fully saturated rings. The maximum Gasteiger partial charge on any atom is 0.241 e. The van der Waals surface area contributed by atoms with E-state index in [0.717, 1.165) is 16.0 Å². The molecule has 0 aliphatic rings. The fraction of sp³-hybridized carbons (Fsp3) is 0.375.